The van der Waals surface area contributed by atoms with E-state index < -0.39 is 6.17 Å². The van der Waals surface area contributed by atoms with Gasteiger partial charge in [-0.2, -0.15) is 0 Å². The molecule has 0 amide bonds. The molecule has 1 N–H and O–H groups in total. The van der Waals surface area contributed by atoms with Crippen molar-refractivity contribution in [1.82, 2.24) is 5.32 Å². The topological polar surface area (TPSA) is 49.9 Å². The summed E-state index contributed by atoms with van der Waals surface area (Å²) in [5.74, 6) is 1.46. The number of hydrogen-bond donors (Lipinski definition) is 1. The molecule has 0 bridgehead atoms. The number of nitrogens with zero attached hydrogens (tertiary/aromatic N) is 2. The fraction of sp³-hybridized carbons (Fsp3) is 0.0196. The summed E-state index contributed by atoms with van der Waals surface area (Å²) in [7, 11) is 0. The van der Waals surface area contributed by atoms with Crippen molar-refractivity contribution in [1.29, 1.82) is 0 Å². The quantitative estimate of drug-likeness (QED) is 0.181. The Hall–Kier alpha value is -7.30. The molecule has 0 saturated heterocycles. The summed E-state index contributed by atoms with van der Waals surface area (Å²) in [6.07, 6.45) is -0.493. The highest BCUT2D eigenvalue weighted by atomic mass is 16.3. The third-order valence-electron chi connectivity index (χ3n) is 10.9. The van der Waals surface area contributed by atoms with Gasteiger partial charge in [0.15, 0.2) is 5.84 Å². The number of fused-ring (bicyclic) bond motifs is 7. The fourth-order valence-electron chi connectivity index (χ4n) is 8.29. The van der Waals surface area contributed by atoms with Crippen molar-refractivity contribution in [3.05, 3.63) is 205 Å². The van der Waals surface area contributed by atoms with E-state index in [1.165, 1.54) is 27.3 Å². The first-order valence-corrected chi connectivity index (χ1v) is 18.7. The van der Waals surface area contributed by atoms with Gasteiger partial charge in [0.2, 0.25) is 0 Å². The van der Waals surface area contributed by atoms with E-state index in [2.05, 4.69) is 181 Å². The normalized spacial score (nSPS) is 14.4. The lowest BCUT2D eigenvalue weighted by molar-refractivity contribution is 0.663. The van der Waals surface area contributed by atoms with Gasteiger partial charge >= 0.3 is 0 Å². The van der Waals surface area contributed by atoms with Crippen LogP contribution < -0.4 is 5.32 Å². The van der Waals surface area contributed by atoms with Crippen LogP contribution in [0.2, 0.25) is 0 Å². The molecule has 0 spiro atoms. The third-order valence-corrected chi connectivity index (χ3v) is 10.9. The number of para-hydroxylation sites is 1. The van der Waals surface area contributed by atoms with Crippen molar-refractivity contribution in [3.8, 4) is 22.3 Å². The molecule has 10 aromatic rings. The van der Waals surface area contributed by atoms with Crippen molar-refractivity contribution in [3.63, 3.8) is 0 Å². The molecular weight excluding hydrogens is 671 g/mol. The van der Waals surface area contributed by atoms with E-state index in [1.807, 2.05) is 12.1 Å². The van der Waals surface area contributed by atoms with Crippen LogP contribution in [-0.4, -0.2) is 11.7 Å². The Morgan fingerprint density at radius 1 is 0.418 bits per heavy atom. The van der Waals surface area contributed by atoms with Gasteiger partial charge in [-0.25, -0.2) is 9.98 Å². The molecule has 55 heavy (non-hydrogen) atoms. The predicted molar refractivity (Wildman–Crippen MR) is 229 cm³/mol. The van der Waals surface area contributed by atoms with Crippen LogP contribution in [0.3, 0.4) is 0 Å². The molecule has 1 unspecified atom stereocenters. The average molecular weight is 704 g/mol. The van der Waals surface area contributed by atoms with Crippen molar-refractivity contribution >= 4 is 65.9 Å². The number of benzene rings is 9. The average Bonchev–Trinajstić information content (AvgIpc) is 3.65. The highest BCUT2D eigenvalue weighted by Gasteiger charge is 2.28. The lowest BCUT2D eigenvalue weighted by Crippen LogP contribution is -2.34. The third kappa shape index (κ3) is 5.30. The number of nitrogens with one attached hydrogen (secondary N) is 1. The van der Waals surface area contributed by atoms with Crippen molar-refractivity contribution < 1.29 is 4.42 Å². The molecule has 258 valence electrons. The molecule has 11 rings (SSSR count). The molecule has 0 saturated carbocycles. The predicted octanol–water partition coefficient (Wildman–Crippen LogP) is 12.9. The molecule has 0 fully saturated rings. The summed E-state index contributed by atoms with van der Waals surface area (Å²) in [4.78, 5) is 11.0. The van der Waals surface area contributed by atoms with Crippen LogP contribution in [0.5, 0.6) is 0 Å². The van der Waals surface area contributed by atoms with E-state index in [9.17, 15) is 0 Å². The van der Waals surface area contributed by atoms with Crippen molar-refractivity contribution in [2.45, 2.75) is 6.17 Å². The van der Waals surface area contributed by atoms with Gasteiger partial charge in [0, 0.05) is 27.5 Å². The Morgan fingerprint density at radius 3 is 1.89 bits per heavy atom. The molecule has 4 heteroatoms. The SMILES string of the molecule is c1ccc(-c2ccc(-c3ccc4oc5ccccc5c4c3C3N=C(c4cc5ccccc5c5ccccc45)N=C(c4ccc5ccccc5c4)N3)cc2)cc1. The van der Waals surface area contributed by atoms with E-state index in [0.717, 1.165) is 71.8 Å². The minimum absolute atomic E-state index is 0.493. The molecule has 1 atom stereocenters. The van der Waals surface area contributed by atoms with Crippen molar-refractivity contribution in [2.24, 2.45) is 9.98 Å². The summed E-state index contributed by atoms with van der Waals surface area (Å²) in [6, 6.07) is 66.3. The zero-order chi connectivity index (χ0) is 36.3. The highest BCUT2D eigenvalue weighted by molar-refractivity contribution is 6.22. The summed E-state index contributed by atoms with van der Waals surface area (Å²) >= 11 is 0. The van der Waals surface area contributed by atoms with Crippen LogP contribution >= 0.6 is 0 Å². The molecule has 1 aliphatic heterocycles. The lowest BCUT2D eigenvalue weighted by atomic mass is 9.91. The maximum atomic E-state index is 6.52. The maximum Gasteiger partial charge on any atom is 0.160 e. The number of hydrogen-bond acceptors (Lipinski definition) is 4. The molecule has 4 nitrogen and oxygen atoms in total. The summed E-state index contributed by atoms with van der Waals surface area (Å²) < 4.78 is 6.52. The maximum absolute atomic E-state index is 6.52. The first-order valence-electron chi connectivity index (χ1n) is 18.7. The minimum Gasteiger partial charge on any atom is -0.456 e. The van der Waals surface area contributed by atoms with Gasteiger partial charge in [0.25, 0.3) is 0 Å². The standard InChI is InChI=1S/C51H33N3O/c1-2-12-32(13-3-1)34-22-25-35(26-23-34)40-28-29-46-47(43-20-10-11-21-45(43)55-46)48(40)51-53-49(38-27-24-33-14-4-5-15-36(33)30-38)52-50(54-51)44-31-37-16-6-7-17-39(37)41-18-8-9-19-42(41)44/h1-31,51H,(H,52,53,54). The van der Waals surface area contributed by atoms with Crippen LogP contribution in [0, 0.1) is 0 Å². The smallest absolute Gasteiger partial charge is 0.160 e. The van der Waals surface area contributed by atoms with E-state index in [0.29, 0.717) is 5.84 Å². The van der Waals surface area contributed by atoms with E-state index >= 15 is 0 Å². The van der Waals surface area contributed by atoms with Gasteiger partial charge in [0.1, 0.15) is 23.2 Å². The number of amidine groups is 2. The molecule has 2 heterocycles. The largest absolute Gasteiger partial charge is 0.456 e. The Bertz CT molecular complexity index is 3170. The molecule has 0 radical (unpaired) electrons. The van der Waals surface area contributed by atoms with Crippen LogP contribution in [0.1, 0.15) is 22.9 Å². The van der Waals surface area contributed by atoms with E-state index in [1.54, 1.807) is 0 Å². The van der Waals surface area contributed by atoms with Gasteiger partial charge in [-0.1, -0.05) is 164 Å². The van der Waals surface area contributed by atoms with E-state index in [4.69, 9.17) is 14.4 Å². The first-order chi connectivity index (χ1) is 27.2. The second-order valence-electron chi connectivity index (χ2n) is 14.2. The highest BCUT2D eigenvalue weighted by Crippen LogP contribution is 2.42. The Morgan fingerprint density at radius 2 is 1.05 bits per heavy atom. The molecule has 0 aliphatic carbocycles. The number of rotatable bonds is 5. The lowest BCUT2D eigenvalue weighted by Gasteiger charge is -2.27. The van der Waals surface area contributed by atoms with Gasteiger partial charge in [0.05, 0.1) is 0 Å². The minimum atomic E-state index is -0.493. The number of aliphatic imine (C=N–C) groups is 2. The second kappa shape index (κ2) is 12.7. The Balaban J connectivity index is 1.17. The Labute approximate surface area is 317 Å². The fourth-order valence-corrected chi connectivity index (χ4v) is 8.29. The zero-order valence-corrected chi connectivity index (χ0v) is 29.8. The van der Waals surface area contributed by atoms with Crippen LogP contribution in [0.25, 0.3) is 76.5 Å². The second-order valence-corrected chi connectivity index (χ2v) is 14.2. The van der Waals surface area contributed by atoms with E-state index in [-0.39, 0.29) is 0 Å². The van der Waals surface area contributed by atoms with Gasteiger partial charge < -0.3 is 9.73 Å². The molecule has 9 aromatic carbocycles. The number of furan rings is 1. The molecule has 1 aromatic heterocycles. The van der Waals surface area contributed by atoms with Crippen LogP contribution in [0.4, 0.5) is 0 Å². The van der Waals surface area contributed by atoms with Crippen LogP contribution in [0.15, 0.2) is 202 Å². The van der Waals surface area contributed by atoms with Crippen molar-refractivity contribution in [2.75, 3.05) is 0 Å². The monoisotopic (exact) mass is 703 g/mol. The van der Waals surface area contributed by atoms with Gasteiger partial charge in [-0.05, 0) is 78.8 Å². The van der Waals surface area contributed by atoms with Crippen LogP contribution in [-0.2, 0) is 0 Å². The van der Waals surface area contributed by atoms with Gasteiger partial charge in [-0.15, -0.1) is 0 Å². The summed E-state index contributed by atoms with van der Waals surface area (Å²) in [6.45, 7) is 0. The Kier molecular flexibility index (Phi) is 7.20. The molecular formula is C51H33N3O. The van der Waals surface area contributed by atoms with Gasteiger partial charge in [-0.3, -0.25) is 0 Å². The zero-order valence-electron chi connectivity index (χ0n) is 29.8. The first kappa shape index (κ1) is 31.2. The summed E-state index contributed by atoms with van der Waals surface area (Å²) in [5.41, 5.74) is 9.26. The summed E-state index contributed by atoms with van der Waals surface area (Å²) in [5, 5.41) is 12.9. The molecule has 1 aliphatic rings.